The molecule has 12 heteroatoms. The van der Waals surface area contributed by atoms with Crippen LogP contribution in [0.1, 0.15) is 22.5 Å². The number of benzene rings is 1. The predicted octanol–water partition coefficient (Wildman–Crippen LogP) is 4.47. The van der Waals surface area contributed by atoms with Gasteiger partial charge in [0, 0.05) is 36.1 Å². The van der Waals surface area contributed by atoms with Gasteiger partial charge >= 0.3 is 18.3 Å². The van der Waals surface area contributed by atoms with Crippen molar-refractivity contribution >= 4 is 16.9 Å². The van der Waals surface area contributed by atoms with Crippen molar-refractivity contribution in [1.29, 1.82) is 0 Å². The van der Waals surface area contributed by atoms with Crippen LogP contribution in [0, 0.1) is 13.8 Å². The molecule has 0 amide bonds. The van der Waals surface area contributed by atoms with Gasteiger partial charge in [-0.05, 0) is 30.9 Å². The summed E-state index contributed by atoms with van der Waals surface area (Å²) in [5.41, 5.74) is 4.19. The molecule has 0 atom stereocenters. The van der Waals surface area contributed by atoms with E-state index in [1.54, 1.807) is 13.8 Å². The number of rotatable bonds is 5. The third-order valence-electron chi connectivity index (χ3n) is 4.39. The van der Waals surface area contributed by atoms with Crippen molar-refractivity contribution in [1.82, 2.24) is 20.1 Å². The summed E-state index contributed by atoms with van der Waals surface area (Å²) in [6.07, 6.45) is -7.46. The topological polar surface area (TPSA) is 82.9 Å². The summed E-state index contributed by atoms with van der Waals surface area (Å²) in [7, 11) is 0. The standard InChI is InChI=1S/C17H19F3N4.C2HF3O2/c1-11-15(12(2)24(23-11)10-17(18,19)20)9-21-8-14-5-3-4-13-6-7-22-16(13)14;3-2(4,5)1(6)7/h3-7,21-22H,8-10H2,1-2H3;(H,6,7). The summed E-state index contributed by atoms with van der Waals surface area (Å²) < 4.78 is 70.5. The molecular formula is C19H20F6N4O2. The summed E-state index contributed by atoms with van der Waals surface area (Å²) in [4.78, 5) is 12.1. The maximum Gasteiger partial charge on any atom is 0.490 e. The summed E-state index contributed by atoms with van der Waals surface area (Å²) in [6, 6.07) is 8.06. The van der Waals surface area contributed by atoms with Crippen LogP contribution in [0.4, 0.5) is 26.3 Å². The normalized spacial score (nSPS) is 12.0. The number of carboxylic acid groups (broad SMARTS) is 1. The van der Waals surface area contributed by atoms with E-state index in [0.29, 0.717) is 24.5 Å². The highest BCUT2D eigenvalue weighted by atomic mass is 19.4. The van der Waals surface area contributed by atoms with Crippen LogP contribution in [0.2, 0.25) is 0 Å². The number of alkyl halides is 6. The van der Waals surface area contributed by atoms with Crippen LogP contribution in [0.5, 0.6) is 0 Å². The number of hydrogen-bond donors (Lipinski definition) is 3. The van der Waals surface area contributed by atoms with Gasteiger partial charge in [-0.3, -0.25) is 4.68 Å². The van der Waals surface area contributed by atoms with E-state index in [1.165, 1.54) is 0 Å². The number of fused-ring (bicyclic) bond motifs is 1. The van der Waals surface area contributed by atoms with Crippen LogP contribution in [-0.2, 0) is 24.4 Å². The summed E-state index contributed by atoms with van der Waals surface area (Å²) >= 11 is 0. The van der Waals surface area contributed by atoms with Crippen molar-refractivity contribution in [2.75, 3.05) is 0 Å². The number of carbonyl (C=O) groups is 1. The molecule has 3 aromatic rings. The number of nitrogens with zero attached hydrogens (tertiary/aromatic N) is 2. The Morgan fingerprint density at radius 3 is 2.35 bits per heavy atom. The zero-order chi connectivity index (χ0) is 23.4. The van der Waals surface area contributed by atoms with E-state index >= 15 is 0 Å². The van der Waals surface area contributed by atoms with E-state index in [9.17, 15) is 26.3 Å². The molecule has 0 radical (unpaired) electrons. The van der Waals surface area contributed by atoms with Crippen LogP contribution in [0.15, 0.2) is 30.5 Å². The molecule has 31 heavy (non-hydrogen) atoms. The zero-order valence-corrected chi connectivity index (χ0v) is 16.5. The van der Waals surface area contributed by atoms with Crippen molar-refractivity contribution in [3.8, 4) is 0 Å². The van der Waals surface area contributed by atoms with Gasteiger partial charge in [-0.25, -0.2) is 4.79 Å². The maximum atomic E-state index is 12.6. The van der Waals surface area contributed by atoms with Gasteiger partial charge in [0.1, 0.15) is 6.54 Å². The number of carboxylic acids is 1. The molecule has 0 saturated heterocycles. The van der Waals surface area contributed by atoms with Crippen molar-refractivity contribution < 1.29 is 36.2 Å². The van der Waals surface area contributed by atoms with Crippen molar-refractivity contribution in [3.05, 3.63) is 53.0 Å². The maximum absolute atomic E-state index is 12.6. The Kier molecular flexibility index (Phi) is 7.37. The predicted molar refractivity (Wildman–Crippen MR) is 100 cm³/mol. The van der Waals surface area contributed by atoms with Crippen molar-refractivity contribution in [2.45, 2.75) is 45.8 Å². The Morgan fingerprint density at radius 1 is 1.13 bits per heavy atom. The molecule has 0 saturated carbocycles. The lowest BCUT2D eigenvalue weighted by Gasteiger charge is -2.09. The lowest BCUT2D eigenvalue weighted by Crippen LogP contribution is -2.21. The van der Waals surface area contributed by atoms with Crippen LogP contribution in [-0.4, -0.2) is 38.2 Å². The van der Waals surface area contributed by atoms with Gasteiger partial charge in [0.2, 0.25) is 0 Å². The smallest absolute Gasteiger partial charge is 0.475 e. The van der Waals surface area contributed by atoms with E-state index in [0.717, 1.165) is 26.7 Å². The highest BCUT2D eigenvalue weighted by molar-refractivity contribution is 5.82. The average Bonchev–Trinajstić information content (AvgIpc) is 3.20. The SMILES string of the molecule is Cc1nn(CC(F)(F)F)c(C)c1CNCc1cccc2cc[nH]c12.O=C(O)C(F)(F)F. The van der Waals surface area contributed by atoms with Crippen molar-refractivity contribution in [2.24, 2.45) is 0 Å². The lowest BCUT2D eigenvalue weighted by molar-refractivity contribution is -0.192. The second-order valence-corrected chi connectivity index (χ2v) is 6.69. The van der Waals surface area contributed by atoms with Crippen LogP contribution in [0.3, 0.4) is 0 Å². The summed E-state index contributed by atoms with van der Waals surface area (Å²) in [6.45, 7) is 3.46. The minimum Gasteiger partial charge on any atom is -0.475 e. The monoisotopic (exact) mass is 450 g/mol. The average molecular weight is 450 g/mol. The molecule has 2 aromatic heterocycles. The highest BCUT2D eigenvalue weighted by Crippen LogP contribution is 2.21. The van der Waals surface area contributed by atoms with Gasteiger partial charge in [-0.2, -0.15) is 31.4 Å². The number of hydrogen-bond acceptors (Lipinski definition) is 3. The molecule has 2 heterocycles. The zero-order valence-electron chi connectivity index (χ0n) is 16.5. The molecular weight excluding hydrogens is 430 g/mol. The first-order valence-corrected chi connectivity index (χ1v) is 8.95. The quantitative estimate of drug-likeness (QED) is 0.501. The Morgan fingerprint density at radius 2 is 1.77 bits per heavy atom. The fourth-order valence-electron chi connectivity index (χ4n) is 2.93. The molecule has 0 aliphatic carbocycles. The second-order valence-electron chi connectivity index (χ2n) is 6.69. The Hall–Kier alpha value is -3.02. The van der Waals surface area contributed by atoms with E-state index in [2.05, 4.69) is 15.4 Å². The fraction of sp³-hybridized carbons (Fsp3) is 0.368. The van der Waals surface area contributed by atoms with E-state index in [-0.39, 0.29) is 0 Å². The third kappa shape index (κ3) is 6.74. The van der Waals surface area contributed by atoms with Gasteiger partial charge in [-0.15, -0.1) is 0 Å². The minimum absolute atomic E-state index is 0.479. The number of aromatic nitrogens is 3. The van der Waals surface area contributed by atoms with Crippen molar-refractivity contribution in [3.63, 3.8) is 0 Å². The number of aliphatic carboxylic acids is 1. The number of H-pyrrole nitrogens is 1. The minimum atomic E-state index is -5.08. The van der Waals surface area contributed by atoms with Gasteiger partial charge in [-0.1, -0.05) is 18.2 Å². The van der Waals surface area contributed by atoms with Crippen LogP contribution in [0.25, 0.3) is 10.9 Å². The number of para-hydroxylation sites is 1. The molecule has 3 N–H and O–H groups in total. The molecule has 0 spiro atoms. The van der Waals surface area contributed by atoms with Gasteiger partial charge < -0.3 is 15.4 Å². The van der Waals surface area contributed by atoms with Crippen LogP contribution >= 0.6 is 0 Å². The largest absolute Gasteiger partial charge is 0.490 e. The van der Waals surface area contributed by atoms with E-state index in [4.69, 9.17) is 9.90 Å². The highest BCUT2D eigenvalue weighted by Gasteiger charge is 2.38. The molecule has 1 aromatic carbocycles. The third-order valence-corrected chi connectivity index (χ3v) is 4.39. The molecule has 6 nitrogen and oxygen atoms in total. The second kappa shape index (κ2) is 9.41. The molecule has 0 unspecified atom stereocenters. The van der Waals surface area contributed by atoms with Gasteiger partial charge in [0.25, 0.3) is 0 Å². The molecule has 0 aliphatic rings. The number of halogens is 6. The molecule has 0 bridgehead atoms. The first-order valence-electron chi connectivity index (χ1n) is 8.95. The lowest BCUT2D eigenvalue weighted by atomic mass is 10.1. The summed E-state index contributed by atoms with van der Waals surface area (Å²) in [5.74, 6) is -2.76. The fourth-order valence-corrected chi connectivity index (χ4v) is 2.93. The number of aromatic amines is 1. The first-order chi connectivity index (χ1) is 14.3. The molecule has 0 aliphatic heterocycles. The Bertz CT molecular complexity index is 1040. The van der Waals surface area contributed by atoms with Gasteiger partial charge in [0.05, 0.1) is 5.69 Å². The Labute approximate surface area is 172 Å². The molecule has 0 fully saturated rings. The van der Waals surface area contributed by atoms with Gasteiger partial charge in [0.15, 0.2) is 0 Å². The van der Waals surface area contributed by atoms with E-state index < -0.39 is 24.9 Å². The summed E-state index contributed by atoms with van der Waals surface area (Å²) in [5, 5.41) is 15.6. The molecule has 3 rings (SSSR count). The molecule has 170 valence electrons. The van der Waals surface area contributed by atoms with Crippen LogP contribution < -0.4 is 5.32 Å². The first kappa shape index (κ1) is 24.3. The number of aryl methyl sites for hydroxylation is 1. The number of nitrogens with one attached hydrogen (secondary N) is 2. The van der Waals surface area contributed by atoms with E-state index in [1.807, 2.05) is 30.5 Å². The Balaban J connectivity index is 0.000000423.